The molecule has 0 fully saturated rings. The maximum absolute atomic E-state index is 13.8. The van der Waals surface area contributed by atoms with Crippen molar-refractivity contribution in [3.05, 3.63) is 89.8 Å². The van der Waals surface area contributed by atoms with Crippen LogP contribution in [0.1, 0.15) is 24.5 Å². The number of benzene rings is 2. The van der Waals surface area contributed by atoms with Crippen LogP contribution in [0.15, 0.2) is 72.8 Å². The van der Waals surface area contributed by atoms with Gasteiger partial charge in [-0.05, 0) is 48.2 Å². The molecule has 0 amide bonds. The Morgan fingerprint density at radius 2 is 1.89 bits per heavy atom. The van der Waals surface area contributed by atoms with Crippen LogP contribution in [0.3, 0.4) is 0 Å². The standard InChI is InChI=1S/C22H20FNO2S/c1-22(13-5-9-19(16-22)17-7-3-2-4-8-17)27(25,26)24-14-6-10-18-11-12-20(23)15-21(18)24/h2-13,15H,14,16H2,1H3. The highest BCUT2D eigenvalue weighted by Crippen LogP contribution is 2.40. The van der Waals surface area contributed by atoms with E-state index in [1.807, 2.05) is 42.5 Å². The van der Waals surface area contributed by atoms with Crippen LogP contribution in [-0.4, -0.2) is 19.7 Å². The Kier molecular flexibility index (Phi) is 4.27. The molecule has 0 spiro atoms. The lowest BCUT2D eigenvalue weighted by Gasteiger charge is -2.37. The van der Waals surface area contributed by atoms with E-state index in [9.17, 15) is 12.8 Å². The number of hydrogen-bond acceptors (Lipinski definition) is 2. The van der Waals surface area contributed by atoms with Gasteiger partial charge in [-0.1, -0.05) is 60.7 Å². The Labute approximate surface area is 159 Å². The molecule has 1 atom stereocenters. The number of hydrogen-bond donors (Lipinski definition) is 0. The molecule has 5 heteroatoms. The molecular formula is C22H20FNO2S. The van der Waals surface area contributed by atoms with Crippen molar-refractivity contribution in [2.75, 3.05) is 10.8 Å². The highest BCUT2D eigenvalue weighted by atomic mass is 32.2. The van der Waals surface area contributed by atoms with Crippen LogP contribution in [0.25, 0.3) is 11.6 Å². The van der Waals surface area contributed by atoms with Crippen molar-refractivity contribution in [1.29, 1.82) is 0 Å². The Morgan fingerprint density at radius 1 is 1.11 bits per heavy atom. The summed E-state index contributed by atoms with van der Waals surface area (Å²) in [4.78, 5) is 0. The average molecular weight is 381 g/mol. The summed E-state index contributed by atoms with van der Waals surface area (Å²) in [6.07, 6.45) is 9.47. The number of allylic oxidation sites excluding steroid dienone is 3. The molecule has 3 nitrogen and oxygen atoms in total. The Hall–Kier alpha value is -2.66. The summed E-state index contributed by atoms with van der Waals surface area (Å²) in [6, 6.07) is 14.0. The van der Waals surface area contributed by atoms with Gasteiger partial charge in [0.05, 0.1) is 12.2 Å². The van der Waals surface area contributed by atoms with E-state index in [1.165, 1.54) is 16.4 Å². The van der Waals surface area contributed by atoms with E-state index in [0.29, 0.717) is 17.7 Å². The molecule has 1 unspecified atom stereocenters. The lowest BCUT2D eigenvalue weighted by molar-refractivity contribution is 0.560. The third kappa shape index (κ3) is 3.02. The van der Waals surface area contributed by atoms with Gasteiger partial charge in [0.15, 0.2) is 0 Å². The molecule has 1 heterocycles. The quantitative estimate of drug-likeness (QED) is 0.766. The lowest BCUT2D eigenvalue weighted by Crippen LogP contribution is -2.47. The first-order valence-corrected chi connectivity index (χ1v) is 10.3. The normalized spacial score (nSPS) is 21.7. The van der Waals surface area contributed by atoms with Crippen molar-refractivity contribution in [3.8, 4) is 0 Å². The van der Waals surface area contributed by atoms with E-state index in [2.05, 4.69) is 0 Å². The molecule has 0 radical (unpaired) electrons. The minimum Gasteiger partial charge on any atom is -0.265 e. The summed E-state index contributed by atoms with van der Waals surface area (Å²) in [5.74, 6) is -0.446. The number of nitrogens with zero attached hydrogens (tertiary/aromatic N) is 1. The number of fused-ring (bicyclic) bond motifs is 1. The third-order valence-electron chi connectivity index (χ3n) is 5.14. The third-order valence-corrected chi connectivity index (χ3v) is 7.53. The minimum atomic E-state index is -3.77. The molecule has 1 aliphatic carbocycles. The maximum atomic E-state index is 13.8. The summed E-state index contributed by atoms with van der Waals surface area (Å²) in [7, 11) is -3.77. The topological polar surface area (TPSA) is 37.4 Å². The van der Waals surface area contributed by atoms with Gasteiger partial charge in [0.2, 0.25) is 10.0 Å². The fourth-order valence-electron chi connectivity index (χ4n) is 3.62. The summed E-state index contributed by atoms with van der Waals surface area (Å²) in [5, 5.41) is 0. The SMILES string of the molecule is CC1(S(=O)(=O)N2CC=Cc3ccc(F)cc32)C=CC=C(c2ccccc2)C1. The number of halogens is 1. The summed E-state index contributed by atoms with van der Waals surface area (Å²) in [6.45, 7) is 1.93. The highest BCUT2D eigenvalue weighted by molar-refractivity contribution is 7.94. The zero-order valence-corrected chi connectivity index (χ0v) is 15.8. The van der Waals surface area contributed by atoms with Crippen LogP contribution in [0.4, 0.5) is 10.1 Å². The summed E-state index contributed by atoms with van der Waals surface area (Å²) in [5.41, 5.74) is 3.07. The van der Waals surface area contributed by atoms with E-state index in [-0.39, 0.29) is 6.54 Å². The van der Waals surface area contributed by atoms with Gasteiger partial charge < -0.3 is 0 Å². The van der Waals surface area contributed by atoms with Gasteiger partial charge in [0, 0.05) is 0 Å². The first-order chi connectivity index (χ1) is 12.9. The number of rotatable bonds is 3. The van der Waals surface area contributed by atoms with Gasteiger partial charge in [-0.3, -0.25) is 4.31 Å². The zero-order chi connectivity index (χ0) is 19.1. The van der Waals surface area contributed by atoms with Gasteiger partial charge in [0.25, 0.3) is 0 Å². The van der Waals surface area contributed by atoms with Crippen LogP contribution in [0, 0.1) is 5.82 Å². The molecule has 4 rings (SSSR count). The largest absolute Gasteiger partial charge is 0.265 e. The fourth-order valence-corrected chi connectivity index (χ4v) is 5.41. The first-order valence-electron chi connectivity index (χ1n) is 8.83. The molecule has 0 aromatic heterocycles. The molecule has 0 N–H and O–H groups in total. The summed E-state index contributed by atoms with van der Waals surface area (Å²) < 4.78 is 41.2. The van der Waals surface area contributed by atoms with E-state index >= 15 is 0 Å². The van der Waals surface area contributed by atoms with Crippen LogP contribution < -0.4 is 4.31 Å². The van der Waals surface area contributed by atoms with Gasteiger partial charge in [0.1, 0.15) is 10.6 Å². The number of anilines is 1. The molecule has 1 aliphatic heterocycles. The second-order valence-corrected chi connectivity index (χ2v) is 9.37. The van der Waals surface area contributed by atoms with Crippen LogP contribution in [-0.2, 0) is 10.0 Å². The first kappa shape index (κ1) is 17.7. The maximum Gasteiger partial charge on any atom is 0.244 e. The van der Waals surface area contributed by atoms with E-state index in [0.717, 1.165) is 11.1 Å². The smallest absolute Gasteiger partial charge is 0.244 e. The monoisotopic (exact) mass is 381 g/mol. The highest BCUT2D eigenvalue weighted by Gasteiger charge is 2.43. The van der Waals surface area contributed by atoms with Crippen LogP contribution >= 0.6 is 0 Å². The zero-order valence-electron chi connectivity index (χ0n) is 15.0. The lowest BCUT2D eigenvalue weighted by atomic mass is 9.90. The van der Waals surface area contributed by atoms with Gasteiger partial charge in [-0.25, -0.2) is 12.8 Å². The van der Waals surface area contributed by atoms with E-state index in [1.54, 1.807) is 31.2 Å². The van der Waals surface area contributed by atoms with E-state index < -0.39 is 20.6 Å². The molecule has 0 bridgehead atoms. The minimum absolute atomic E-state index is 0.201. The Balaban J connectivity index is 1.73. The number of sulfonamides is 1. The van der Waals surface area contributed by atoms with Gasteiger partial charge in [-0.15, -0.1) is 0 Å². The van der Waals surface area contributed by atoms with Crippen molar-refractivity contribution in [2.45, 2.75) is 18.1 Å². The molecule has 0 saturated carbocycles. The van der Waals surface area contributed by atoms with Crippen molar-refractivity contribution in [1.82, 2.24) is 0 Å². The Morgan fingerprint density at radius 3 is 2.67 bits per heavy atom. The predicted octanol–water partition coefficient (Wildman–Crippen LogP) is 4.79. The fraction of sp³-hybridized carbons (Fsp3) is 0.182. The van der Waals surface area contributed by atoms with Gasteiger partial charge in [-0.2, -0.15) is 0 Å². The van der Waals surface area contributed by atoms with E-state index in [4.69, 9.17) is 0 Å². The van der Waals surface area contributed by atoms with Gasteiger partial charge >= 0.3 is 0 Å². The molecule has 138 valence electrons. The molecule has 2 aromatic carbocycles. The van der Waals surface area contributed by atoms with Crippen molar-refractivity contribution in [2.24, 2.45) is 0 Å². The molecular weight excluding hydrogens is 361 g/mol. The van der Waals surface area contributed by atoms with Crippen LogP contribution in [0.2, 0.25) is 0 Å². The average Bonchev–Trinajstić information content (AvgIpc) is 2.68. The molecule has 0 saturated heterocycles. The predicted molar refractivity (Wildman–Crippen MR) is 108 cm³/mol. The van der Waals surface area contributed by atoms with Crippen molar-refractivity contribution < 1.29 is 12.8 Å². The molecule has 2 aromatic rings. The Bertz CT molecular complexity index is 1070. The van der Waals surface area contributed by atoms with Crippen LogP contribution in [0.5, 0.6) is 0 Å². The molecule has 2 aliphatic rings. The van der Waals surface area contributed by atoms with Crippen molar-refractivity contribution >= 4 is 27.4 Å². The van der Waals surface area contributed by atoms with Crippen molar-refractivity contribution in [3.63, 3.8) is 0 Å². The summed E-state index contributed by atoms with van der Waals surface area (Å²) >= 11 is 0. The second-order valence-electron chi connectivity index (χ2n) is 7.05. The second kappa shape index (κ2) is 6.50. The molecule has 27 heavy (non-hydrogen) atoms.